The van der Waals surface area contributed by atoms with Crippen molar-refractivity contribution in [3.8, 4) is 5.75 Å². The molecule has 5 rings (SSSR count). The molecule has 46 heavy (non-hydrogen) atoms. The smallest absolute Gasteiger partial charge is 0.407 e. The second kappa shape index (κ2) is 13.3. The summed E-state index contributed by atoms with van der Waals surface area (Å²) in [6.07, 6.45) is 4.62. The zero-order valence-electron chi connectivity index (χ0n) is 27.2. The van der Waals surface area contributed by atoms with Gasteiger partial charge in [-0.1, -0.05) is 12.1 Å². The Morgan fingerprint density at radius 3 is 2.48 bits per heavy atom. The van der Waals surface area contributed by atoms with Crippen molar-refractivity contribution in [3.63, 3.8) is 0 Å². The normalized spacial score (nSPS) is 21.2. The molecule has 1 amide bonds. The van der Waals surface area contributed by atoms with E-state index >= 15 is 0 Å². The second-order valence-corrected chi connectivity index (χ2v) is 13.3. The monoisotopic (exact) mass is 643 g/mol. The van der Waals surface area contributed by atoms with Crippen molar-refractivity contribution in [2.24, 2.45) is 5.92 Å². The molecule has 1 aromatic carbocycles. The number of alkyl carbamates (subject to hydrolysis) is 1. The summed E-state index contributed by atoms with van der Waals surface area (Å²) >= 11 is 0. The summed E-state index contributed by atoms with van der Waals surface area (Å²) in [4.78, 5) is 29.9. The number of hydrogen-bond donors (Lipinski definition) is 2. The lowest BCUT2D eigenvalue weighted by molar-refractivity contribution is 0.0412. The van der Waals surface area contributed by atoms with Gasteiger partial charge in [0.05, 0.1) is 24.5 Å². The number of piperidine rings is 1. The Hall–Kier alpha value is -4.07. The van der Waals surface area contributed by atoms with E-state index in [9.17, 15) is 18.7 Å². The predicted octanol–water partition coefficient (Wildman–Crippen LogP) is 4.94. The van der Waals surface area contributed by atoms with Gasteiger partial charge in [-0.25, -0.2) is 23.5 Å². The molecule has 0 radical (unpaired) electrons. The molecule has 2 fully saturated rings. The number of carbonyl (C=O) groups is 1. The zero-order chi connectivity index (χ0) is 33.2. The number of nitrogens with zero attached hydrogens (tertiary/aromatic N) is 6. The number of carbonyl (C=O) groups excluding carboxylic acids is 1. The van der Waals surface area contributed by atoms with Gasteiger partial charge in [0, 0.05) is 32.1 Å². The lowest BCUT2D eigenvalue weighted by Gasteiger charge is -2.33. The fourth-order valence-corrected chi connectivity index (χ4v) is 5.81. The van der Waals surface area contributed by atoms with E-state index in [2.05, 4.69) is 25.4 Å². The van der Waals surface area contributed by atoms with Crippen LogP contribution < -0.4 is 19.9 Å². The van der Waals surface area contributed by atoms with Gasteiger partial charge in [-0.15, -0.1) is 0 Å². The maximum atomic E-state index is 14.8. The van der Waals surface area contributed by atoms with Crippen molar-refractivity contribution >= 4 is 18.1 Å². The predicted molar refractivity (Wildman–Crippen MR) is 166 cm³/mol. The SMILES string of the molecule is CCC(C)(O)c1noc(N2CCC(C(C)Oc3cnc(N4CC(NC(=O)OC(C)(C)C)C(c5cc(F)ccc5F)C4)nc3)CC2)n1. The van der Waals surface area contributed by atoms with Gasteiger partial charge in [0.15, 0.2) is 5.75 Å². The summed E-state index contributed by atoms with van der Waals surface area (Å²) in [5, 5.41) is 17.2. The average Bonchev–Trinajstić information content (AvgIpc) is 3.67. The van der Waals surface area contributed by atoms with E-state index in [4.69, 9.17) is 14.0 Å². The molecular formula is C32H43F2N7O5. The Kier molecular flexibility index (Phi) is 9.66. The Morgan fingerprint density at radius 1 is 1.13 bits per heavy atom. The van der Waals surface area contributed by atoms with E-state index in [0.29, 0.717) is 37.2 Å². The van der Waals surface area contributed by atoms with Crippen LogP contribution in [0, 0.1) is 17.6 Å². The lowest BCUT2D eigenvalue weighted by Crippen LogP contribution is -2.43. The van der Waals surface area contributed by atoms with Crippen LogP contribution in [0.15, 0.2) is 35.1 Å². The zero-order valence-corrected chi connectivity index (χ0v) is 27.2. The first kappa shape index (κ1) is 33.3. The third kappa shape index (κ3) is 7.83. The van der Waals surface area contributed by atoms with Gasteiger partial charge in [-0.05, 0) is 83.6 Å². The van der Waals surface area contributed by atoms with E-state index in [0.717, 1.165) is 31.0 Å². The maximum absolute atomic E-state index is 14.8. The number of halogens is 2. The van der Waals surface area contributed by atoms with Crippen LogP contribution in [0.4, 0.5) is 25.5 Å². The summed E-state index contributed by atoms with van der Waals surface area (Å²) in [6, 6.07) is 3.15. The molecule has 0 bridgehead atoms. The standard InChI is InChI=1S/C32H43F2N7O5/c1-7-32(6,43)27-38-29(46-39-27)40-12-10-20(11-13-40)19(2)44-22-15-35-28(36-16-22)41-17-24(23-14-21(33)8-9-25(23)34)26(18-41)37-30(42)45-31(3,4)5/h8-9,14-16,19-20,24,26,43H,7,10-13,17-18H2,1-6H3,(H,37,42). The number of anilines is 2. The van der Waals surface area contributed by atoms with Crippen molar-refractivity contribution in [3.05, 3.63) is 53.6 Å². The molecular weight excluding hydrogens is 600 g/mol. The van der Waals surface area contributed by atoms with Crippen LogP contribution in [0.5, 0.6) is 5.75 Å². The Balaban J connectivity index is 1.19. The Bertz CT molecular complexity index is 1490. The van der Waals surface area contributed by atoms with E-state index in [1.54, 1.807) is 40.1 Å². The minimum absolute atomic E-state index is 0.106. The number of amides is 1. The number of ether oxygens (including phenoxy) is 2. The highest BCUT2D eigenvalue weighted by atomic mass is 19.1. The van der Waals surface area contributed by atoms with E-state index in [1.807, 2.05) is 23.6 Å². The van der Waals surface area contributed by atoms with Crippen molar-refractivity contribution < 1.29 is 32.7 Å². The average molecular weight is 644 g/mol. The van der Waals surface area contributed by atoms with Gasteiger partial charge < -0.3 is 34.2 Å². The van der Waals surface area contributed by atoms with Crippen LogP contribution in [0.3, 0.4) is 0 Å². The highest BCUT2D eigenvalue weighted by Gasteiger charge is 2.39. The lowest BCUT2D eigenvalue weighted by atomic mass is 9.92. The van der Waals surface area contributed by atoms with Crippen LogP contribution in [-0.4, -0.2) is 75.2 Å². The van der Waals surface area contributed by atoms with Gasteiger partial charge in [0.25, 0.3) is 0 Å². The molecule has 2 aromatic heterocycles. The number of rotatable bonds is 9. The Labute approximate surface area is 267 Å². The van der Waals surface area contributed by atoms with Crippen LogP contribution in [0.1, 0.15) is 78.1 Å². The fraction of sp³-hybridized carbons (Fsp3) is 0.594. The van der Waals surface area contributed by atoms with Gasteiger partial charge >= 0.3 is 12.1 Å². The Morgan fingerprint density at radius 2 is 1.83 bits per heavy atom. The van der Waals surface area contributed by atoms with Crippen LogP contribution in [-0.2, 0) is 10.3 Å². The maximum Gasteiger partial charge on any atom is 0.407 e. The number of aliphatic hydroxyl groups is 1. The highest BCUT2D eigenvalue weighted by Crippen LogP contribution is 2.33. The molecule has 14 heteroatoms. The molecule has 0 spiro atoms. The van der Waals surface area contributed by atoms with Gasteiger partial charge in [-0.3, -0.25) is 0 Å². The minimum Gasteiger partial charge on any atom is -0.487 e. The first-order valence-corrected chi connectivity index (χ1v) is 15.7. The van der Waals surface area contributed by atoms with Crippen molar-refractivity contribution in [1.29, 1.82) is 0 Å². The van der Waals surface area contributed by atoms with Gasteiger partial charge in [0.1, 0.15) is 22.8 Å². The minimum atomic E-state index is -1.13. The third-order valence-corrected chi connectivity index (χ3v) is 8.66. The molecule has 3 aromatic rings. The number of benzene rings is 1. The van der Waals surface area contributed by atoms with Crippen LogP contribution in [0.2, 0.25) is 0 Å². The molecule has 4 heterocycles. The first-order valence-electron chi connectivity index (χ1n) is 15.7. The molecule has 12 nitrogen and oxygen atoms in total. The largest absolute Gasteiger partial charge is 0.487 e. The van der Waals surface area contributed by atoms with Crippen LogP contribution in [0.25, 0.3) is 0 Å². The molecule has 4 unspecified atom stereocenters. The molecule has 2 aliphatic heterocycles. The molecule has 2 N–H and O–H groups in total. The molecule has 0 saturated carbocycles. The summed E-state index contributed by atoms with van der Waals surface area (Å²) in [5.41, 5.74) is -1.69. The number of aromatic nitrogens is 4. The quantitative estimate of drug-likeness (QED) is 0.328. The van der Waals surface area contributed by atoms with Crippen molar-refractivity contribution in [2.75, 3.05) is 36.0 Å². The van der Waals surface area contributed by atoms with Crippen molar-refractivity contribution in [1.82, 2.24) is 25.4 Å². The molecule has 2 aliphatic rings. The van der Waals surface area contributed by atoms with E-state index in [1.165, 1.54) is 0 Å². The summed E-state index contributed by atoms with van der Waals surface area (Å²) in [7, 11) is 0. The summed E-state index contributed by atoms with van der Waals surface area (Å²) < 4.78 is 46.0. The topological polar surface area (TPSA) is 139 Å². The number of nitrogens with one attached hydrogen (secondary N) is 1. The number of hydrogen-bond acceptors (Lipinski definition) is 11. The first-order chi connectivity index (χ1) is 21.7. The molecule has 0 aliphatic carbocycles. The van der Waals surface area contributed by atoms with E-state index in [-0.39, 0.29) is 36.5 Å². The summed E-state index contributed by atoms with van der Waals surface area (Å²) in [6.45, 7) is 12.8. The second-order valence-electron chi connectivity index (χ2n) is 13.3. The molecule has 2 saturated heterocycles. The van der Waals surface area contributed by atoms with Gasteiger partial charge in [0.2, 0.25) is 11.8 Å². The van der Waals surface area contributed by atoms with Gasteiger partial charge in [-0.2, -0.15) is 4.98 Å². The van der Waals surface area contributed by atoms with Crippen LogP contribution >= 0.6 is 0 Å². The summed E-state index contributed by atoms with van der Waals surface area (Å²) in [5.74, 6) is -0.229. The molecule has 4 atom stereocenters. The highest BCUT2D eigenvalue weighted by molar-refractivity contribution is 5.68. The van der Waals surface area contributed by atoms with Crippen molar-refractivity contribution in [2.45, 2.75) is 90.1 Å². The molecule has 250 valence electrons. The third-order valence-electron chi connectivity index (χ3n) is 8.66. The fourth-order valence-electron chi connectivity index (χ4n) is 5.81. The van der Waals surface area contributed by atoms with E-state index < -0.39 is 40.9 Å².